The minimum absolute atomic E-state index is 0.0349. The van der Waals surface area contributed by atoms with Gasteiger partial charge in [0.05, 0.1) is 17.6 Å². The van der Waals surface area contributed by atoms with Gasteiger partial charge in [-0.2, -0.15) is 0 Å². The van der Waals surface area contributed by atoms with E-state index in [0.717, 1.165) is 37.3 Å². The van der Waals surface area contributed by atoms with Gasteiger partial charge < -0.3 is 10.2 Å². The molecule has 3 heterocycles. The molecule has 3 rings (SSSR count). The van der Waals surface area contributed by atoms with Crippen molar-refractivity contribution in [2.24, 2.45) is 0 Å². The van der Waals surface area contributed by atoms with E-state index < -0.39 is 0 Å². The molecule has 6 heteroatoms. The number of rotatable bonds is 3. The summed E-state index contributed by atoms with van der Waals surface area (Å²) in [6.07, 6.45) is 8.59. The molecule has 2 aromatic heterocycles. The van der Waals surface area contributed by atoms with Gasteiger partial charge in [-0.25, -0.2) is 4.98 Å². The first-order valence-corrected chi connectivity index (χ1v) is 7.47. The largest absolute Gasteiger partial charge is 0.381 e. The van der Waals surface area contributed by atoms with Crippen molar-refractivity contribution in [3.8, 4) is 0 Å². The Balaban J connectivity index is 1.55. The normalized spacial score (nSPS) is 15.6. The van der Waals surface area contributed by atoms with E-state index >= 15 is 0 Å². The fourth-order valence-corrected chi connectivity index (χ4v) is 2.58. The third-order valence-electron chi connectivity index (χ3n) is 3.81. The first-order chi connectivity index (χ1) is 10.7. The molecule has 1 aliphatic rings. The first kappa shape index (κ1) is 14.4. The van der Waals surface area contributed by atoms with E-state index in [-0.39, 0.29) is 5.91 Å². The predicted molar refractivity (Wildman–Crippen MR) is 83.6 cm³/mol. The highest BCUT2D eigenvalue weighted by molar-refractivity contribution is 5.92. The topological polar surface area (TPSA) is 71.0 Å². The number of carbonyl (C=O) groups excluding carboxylic acids is 1. The molecular weight excluding hydrogens is 278 g/mol. The Morgan fingerprint density at radius 3 is 2.68 bits per heavy atom. The summed E-state index contributed by atoms with van der Waals surface area (Å²) in [5.41, 5.74) is 2.26. The Bertz CT molecular complexity index is 621. The summed E-state index contributed by atoms with van der Waals surface area (Å²) < 4.78 is 0. The van der Waals surface area contributed by atoms with E-state index in [4.69, 9.17) is 0 Å². The van der Waals surface area contributed by atoms with Crippen molar-refractivity contribution in [2.75, 3.05) is 18.4 Å². The smallest absolute Gasteiger partial charge is 0.274 e. The van der Waals surface area contributed by atoms with Crippen LogP contribution in [-0.2, 0) is 0 Å². The lowest BCUT2D eigenvalue weighted by molar-refractivity contribution is 0.0712. The van der Waals surface area contributed by atoms with Gasteiger partial charge in [-0.1, -0.05) is 0 Å². The summed E-state index contributed by atoms with van der Waals surface area (Å²) in [5, 5.41) is 3.46. The molecule has 0 saturated carbocycles. The van der Waals surface area contributed by atoms with Crippen LogP contribution in [0.1, 0.15) is 29.0 Å². The molecule has 1 amide bonds. The van der Waals surface area contributed by atoms with Gasteiger partial charge in [0.25, 0.3) is 5.91 Å². The van der Waals surface area contributed by atoms with Crippen molar-refractivity contribution in [1.29, 1.82) is 0 Å². The number of amides is 1. The van der Waals surface area contributed by atoms with Crippen molar-refractivity contribution in [3.63, 3.8) is 0 Å². The molecule has 22 heavy (non-hydrogen) atoms. The van der Waals surface area contributed by atoms with E-state index in [9.17, 15) is 4.79 Å². The zero-order valence-electron chi connectivity index (χ0n) is 12.6. The van der Waals surface area contributed by atoms with Gasteiger partial charge in [0, 0.05) is 37.7 Å². The maximum atomic E-state index is 12.4. The molecule has 2 aromatic rings. The zero-order valence-corrected chi connectivity index (χ0v) is 12.6. The average Bonchev–Trinajstić information content (AvgIpc) is 2.57. The summed E-state index contributed by atoms with van der Waals surface area (Å²) >= 11 is 0. The summed E-state index contributed by atoms with van der Waals surface area (Å²) in [6, 6.07) is 4.29. The van der Waals surface area contributed by atoms with Gasteiger partial charge in [0.2, 0.25) is 0 Å². The molecule has 1 N–H and O–H groups in total. The van der Waals surface area contributed by atoms with Gasteiger partial charge in [-0.15, -0.1) is 0 Å². The van der Waals surface area contributed by atoms with Gasteiger partial charge in [0.15, 0.2) is 0 Å². The van der Waals surface area contributed by atoms with Crippen molar-refractivity contribution in [2.45, 2.75) is 25.8 Å². The molecule has 0 aliphatic carbocycles. The number of pyridine rings is 1. The van der Waals surface area contributed by atoms with E-state index in [1.807, 2.05) is 30.2 Å². The van der Waals surface area contributed by atoms with Gasteiger partial charge in [0.1, 0.15) is 5.69 Å². The number of likely N-dealkylation sites (tertiary alicyclic amines) is 1. The van der Waals surface area contributed by atoms with E-state index in [2.05, 4.69) is 20.3 Å². The minimum Gasteiger partial charge on any atom is -0.381 e. The van der Waals surface area contributed by atoms with Crippen LogP contribution in [0.3, 0.4) is 0 Å². The van der Waals surface area contributed by atoms with Crippen LogP contribution in [0.2, 0.25) is 0 Å². The predicted octanol–water partition coefficient (Wildman–Crippen LogP) is 1.90. The Hall–Kier alpha value is -2.50. The molecule has 0 unspecified atom stereocenters. The lowest BCUT2D eigenvalue weighted by atomic mass is 10.0. The van der Waals surface area contributed by atoms with Crippen molar-refractivity contribution in [1.82, 2.24) is 19.9 Å². The maximum Gasteiger partial charge on any atom is 0.274 e. The highest BCUT2D eigenvalue weighted by Gasteiger charge is 2.24. The summed E-state index contributed by atoms with van der Waals surface area (Å²) in [7, 11) is 0. The van der Waals surface area contributed by atoms with Crippen LogP contribution in [0.4, 0.5) is 5.69 Å². The number of aromatic nitrogens is 3. The summed E-state index contributed by atoms with van der Waals surface area (Å²) in [5.74, 6) is -0.0349. The molecule has 1 aliphatic heterocycles. The maximum absolute atomic E-state index is 12.4. The van der Waals surface area contributed by atoms with Crippen LogP contribution >= 0.6 is 0 Å². The third kappa shape index (κ3) is 3.39. The van der Waals surface area contributed by atoms with E-state index in [1.54, 1.807) is 18.6 Å². The fourth-order valence-electron chi connectivity index (χ4n) is 2.58. The molecule has 0 atom stereocenters. The fraction of sp³-hybridized carbons (Fsp3) is 0.375. The molecule has 1 fully saturated rings. The SMILES string of the molecule is Cc1cnc(C(=O)N2CCC(Nc3cccnc3)CC2)cn1. The number of nitrogens with zero attached hydrogens (tertiary/aromatic N) is 4. The Kier molecular flexibility index (Phi) is 4.27. The summed E-state index contributed by atoms with van der Waals surface area (Å²) in [4.78, 5) is 26.6. The molecule has 0 aromatic carbocycles. The molecule has 6 nitrogen and oxygen atoms in total. The number of hydrogen-bond acceptors (Lipinski definition) is 5. The number of nitrogens with one attached hydrogen (secondary N) is 1. The molecule has 0 bridgehead atoms. The molecular formula is C16H19N5O. The lowest BCUT2D eigenvalue weighted by Gasteiger charge is -2.32. The highest BCUT2D eigenvalue weighted by atomic mass is 16.2. The molecule has 114 valence electrons. The van der Waals surface area contributed by atoms with Crippen molar-refractivity contribution < 1.29 is 4.79 Å². The van der Waals surface area contributed by atoms with E-state index in [0.29, 0.717) is 11.7 Å². The Morgan fingerprint density at radius 1 is 1.23 bits per heavy atom. The highest BCUT2D eigenvalue weighted by Crippen LogP contribution is 2.17. The van der Waals surface area contributed by atoms with Gasteiger partial charge in [-0.05, 0) is 31.9 Å². The Labute approximate surface area is 129 Å². The number of aryl methyl sites for hydroxylation is 1. The van der Waals surface area contributed by atoms with Gasteiger partial charge in [-0.3, -0.25) is 14.8 Å². The number of carbonyl (C=O) groups is 1. The monoisotopic (exact) mass is 297 g/mol. The number of piperidine rings is 1. The standard InChI is InChI=1S/C16H19N5O/c1-12-9-19-15(11-18-12)16(22)21-7-4-13(5-8-21)20-14-3-2-6-17-10-14/h2-3,6,9-11,13,20H,4-5,7-8H2,1H3. The van der Waals surface area contributed by atoms with Crippen molar-refractivity contribution >= 4 is 11.6 Å². The van der Waals surface area contributed by atoms with Crippen LogP contribution in [0.5, 0.6) is 0 Å². The molecule has 0 radical (unpaired) electrons. The van der Waals surface area contributed by atoms with Crippen LogP contribution in [0, 0.1) is 6.92 Å². The molecule has 1 saturated heterocycles. The second-order valence-corrected chi connectivity index (χ2v) is 5.50. The van der Waals surface area contributed by atoms with E-state index in [1.165, 1.54) is 0 Å². The quantitative estimate of drug-likeness (QED) is 0.937. The van der Waals surface area contributed by atoms with Crippen LogP contribution < -0.4 is 5.32 Å². The summed E-state index contributed by atoms with van der Waals surface area (Å²) in [6.45, 7) is 3.31. The first-order valence-electron chi connectivity index (χ1n) is 7.47. The van der Waals surface area contributed by atoms with Crippen LogP contribution in [0.15, 0.2) is 36.9 Å². The second kappa shape index (κ2) is 6.51. The Morgan fingerprint density at radius 2 is 2.05 bits per heavy atom. The van der Waals surface area contributed by atoms with Crippen LogP contribution in [0.25, 0.3) is 0 Å². The second-order valence-electron chi connectivity index (χ2n) is 5.50. The zero-order chi connectivity index (χ0) is 15.4. The average molecular weight is 297 g/mol. The lowest BCUT2D eigenvalue weighted by Crippen LogP contribution is -2.42. The van der Waals surface area contributed by atoms with Gasteiger partial charge >= 0.3 is 0 Å². The molecule has 0 spiro atoms. The number of hydrogen-bond donors (Lipinski definition) is 1. The van der Waals surface area contributed by atoms with Crippen LogP contribution in [-0.4, -0.2) is 44.9 Å². The van der Waals surface area contributed by atoms with Crippen molar-refractivity contribution in [3.05, 3.63) is 48.3 Å². The third-order valence-corrected chi connectivity index (χ3v) is 3.81. The minimum atomic E-state index is -0.0349. The number of anilines is 1.